The summed E-state index contributed by atoms with van der Waals surface area (Å²) in [4.78, 5) is 31.0. The van der Waals surface area contributed by atoms with Crippen molar-refractivity contribution in [2.24, 2.45) is 0 Å². The van der Waals surface area contributed by atoms with Crippen LogP contribution in [0.4, 0.5) is 15.5 Å². The van der Waals surface area contributed by atoms with Crippen LogP contribution in [0.5, 0.6) is 5.75 Å². The number of anilines is 2. The first kappa shape index (κ1) is 25.5. The molecule has 0 spiro atoms. The van der Waals surface area contributed by atoms with Crippen molar-refractivity contribution in [1.29, 1.82) is 0 Å². The fourth-order valence-electron chi connectivity index (χ4n) is 4.22. The Morgan fingerprint density at radius 3 is 2.66 bits per heavy atom. The van der Waals surface area contributed by atoms with E-state index in [1.54, 1.807) is 31.7 Å². The van der Waals surface area contributed by atoms with E-state index in [1.807, 2.05) is 72.5 Å². The number of aromatic nitrogens is 2. The monoisotopic (exact) mass is 546 g/mol. The molecule has 0 aliphatic rings. The van der Waals surface area contributed by atoms with Crippen molar-refractivity contribution in [2.45, 2.75) is 20.8 Å². The number of urea groups is 1. The molecule has 2 amide bonds. The predicted octanol–water partition coefficient (Wildman–Crippen LogP) is 7.26. The molecule has 0 saturated heterocycles. The minimum Gasteiger partial charge on any atom is -0.495 e. The number of aryl methyl sites for hydroxylation is 1. The molecule has 0 aliphatic heterocycles. The van der Waals surface area contributed by atoms with Gasteiger partial charge in [-0.2, -0.15) is 0 Å². The lowest BCUT2D eigenvalue weighted by Gasteiger charge is -2.11. The molecule has 3 aromatic heterocycles. The van der Waals surface area contributed by atoms with Gasteiger partial charge >= 0.3 is 12.0 Å². The van der Waals surface area contributed by atoms with E-state index in [4.69, 9.17) is 9.47 Å². The molecule has 2 N–H and O–H groups in total. The van der Waals surface area contributed by atoms with Crippen LogP contribution in [-0.4, -0.2) is 35.3 Å². The first-order chi connectivity index (χ1) is 18.4. The zero-order valence-electron chi connectivity index (χ0n) is 21.3. The Labute approximate surface area is 227 Å². The van der Waals surface area contributed by atoms with Gasteiger partial charge in [0.05, 0.1) is 37.0 Å². The van der Waals surface area contributed by atoms with Crippen molar-refractivity contribution in [1.82, 2.24) is 9.55 Å². The van der Waals surface area contributed by atoms with Crippen LogP contribution >= 0.6 is 22.7 Å². The number of nitrogens with zero attached hydrogens (tertiary/aromatic N) is 2. The van der Waals surface area contributed by atoms with Crippen molar-refractivity contribution in [3.05, 3.63) is 77.2 Å². The van der Waals surface area contributed by atoms with Gasteiger partial charge in [0.25, 0.3) is 0 Å². The topological polar surface area (TPSA) is 94.5 Å². The fourth-order valence-corrected chi connectivity index (χ4v) is 6.18. The van der Waals surface area contributed by atoms with Gasteiger partial charge in [-0.1, -0.05) is 6.07 Å². The molecule has 0 saturated carbocycles. The Bertz CT molecular complexity index is 1650. The molecule has 0 radical (unpaired) electrons. The van der Waals surface area contributed by atoms with Crippen LogP contribution < -0.4 is 15.4 Å². The normalized spacial score (nSPS) is 10.9. The molecule has 0 fully saturated rings. The summed E-state index contributed by atoms with van der Waals surface area (Å²) in [6.45, 7) is 5.75. The third-order valence-electron chi connectivity index (χ3n) is 6.00. The lowest BCUT2D eigenvalue weighted by atomic mass is 10.1. The summed E-state index contributed by atoms with van der Waals surface area (Å²) >= 11 is 2.96. The Morgan fingerprint density at radius 1 is 1.08 bits per heavy atom. The first-order valence-corrected chi connectivity index (χ1v) is 13.6. The molecule has 0 atom stereocenters. The number of nitrogens with one attached hydrogen (secondary N) is 2. The summed E-state index contributed by atoms with van der Waals surface area (Å²) in [6, 6.07) is 13.1. The van der Waals surface area contributed by atoms with Crippen molar-refractivity contribution >= 4 is 55.4 Å². The highest BCUT2D eigenvalue weighted by atomic mass is 32.1. The Kier molecular flexibility index (Phi) is 7.17. The second-order valence-electron chi connectivity index (χ2n) is 8.54. The van der Waals surface area contributed by atoms with Crippen molar-refractivity contribution < 1.29 is 19.1 Å². The molecular weight excluding hydrogens is 520 g/mol. The lowest BCUT2D eigenvalue weighted by Crippen LogP contribution is -2.20. The molecule has 3 heterocycles. The van der Waals surface area contributed by atoms with Crippen LogP contribution in [0.3, 0.4) is 0 Å². The number of rotatable bonds is 7. The first-order valence-electron chi connectivity index (χ1n) is 11.9. The van der Waals surface area contributed by atoms with E-state index in [0.29, 0.717) is 22.0 Å². The summed E-state index contributed by atoms with van der Waals surface area (Å²) in [7, 11) is 1.61. The largest absolute Gasteiger partial charge is 0.495 e. The predicted molar refractivity (Wildman–Crippen MR) is 153 cm³/mol. The number of methoxy groups -OCH3 is 1. The van der Waals surface area contributed by atoms with Gasteiger partial charge in [-0.15, -0.1) is 22.7 Å². The number of hydrogen-bond acceptors (Lipinski definition) is 7. The zero-order chi connectivity index (χ0) is 26.8. The van der Waals surface area contributed by atoms with Gasteiger partial charge in [0.1, 0.15) is 10.8 Å². The minimum atomic E-state index is -0.486. The number of carbonyl (C=O) groups is 2. The van der Waals surface area contributed by atoms with Gasteiger partial charge in [0.2, 0.25) is 0 Å². The van der Waals surface area contributed by atoms with E-state index in [-0.39, 0.29) is 6.61 Å². The Hall–Kier alpha value is -4.15. The summed E-state index contributed by atoms with van der Waals surface area (Å²) < 4.78 is 14.0. The minimum absolute atomic E-state index is 0.225. The van der Waals surface area contributed by atoms with Gasteiger partial charge in [0, 0.05) is 21.5 Å². The number of amides is 2. The Morgan fingerprint density at radius 2 is 1.92 bits per heavy atom. The molecule has 10 heteroatoms. The van der Waals surface area contributed by atoms with Crippen molar-refractivity contribution in [3.8, 4) is 21.9 Å². The van der Waals surface area contributed by atoms with Gasteiger partial charge in [-0.05, 0) is 79.1 Å². The van der Waals surface area contributed by atoms with E-state index in [2.05, 4.69) is 15.6 Å². The Balaban J connectivity index is 1.48. The van der Waals surface area contributed by atoms with Crippen molar-refractivity contribution in [2.75, 3.05) is 24.4 Å². The third-order valence-corrected chi connectivity index (χ3v) is 8.15. The molecule has 194 valence electrons. The van der Waals surface area contributed by atoms with Crippen LogP contribution in [0, 0.1) is 13.8 Å². The highest BCUT2D eigenvalue weighted by Crippen LogP contribution is 2.42. The molecule has 0 unspecified atom stereocenters. The van der Waals surface area contributed by atoms with E-state index >= 15 is 0 Å². The standard InChI is InChI=1S/C28H26N4O4S2/c1-5-36-27(33)24-17(3)25(19-6-8-21(22(13-19)35-4)32-14-16(2)29-15-32)38-26(24)31-28(34)30-20-7-9-23-18(12-20)10-11-37-23/h6-15H,5H2,1-4H3,(H2,30,31,34). The number of fused-ring (bicyclic) bond motifs is 1. The zero-order valence-corrected chi connectivity index (χ0v) is 23.0. The highest BCUT2D eigenvalue weighted by Gasteiger charge is 2.25. The smallest absolute Gasteiger partial charge is 0.341 e. The molecule has 0 bridgehead atoms. The van der Waals surface area contributed by atoms with E-state index in [0.717, 1.165) is 37.5 Å². The molecular formula is C28H26N4O4S2. The molecule has 0 aliphatic carbocycles. The fraction of sp³-hybridized carbons (Fsp3) is 0.179. The quantitative estimate of drug-likeness (QED) is 0.210. The third kappa shape index (κ3) is 5.00. The number of esters is 1. The van der Waals surface area contributed by atoms with Gasteiger partial charge < -0.3 is 19.4 Å². The van der Waals surface area contributed by atoms with E-state index < -0.39 is 12.0 Å². The van der Waals surface area contributed by atoms with E-state index in [1.165, 1.54) is 11.3 Å². The van der Waals surface area contributed by atoms with Crippen LogP contribution in [0.25, 0.3) is 26.2 Å². The molecule has 8 nitrogen and oxygen atoms in total. The van der Waals surface area contributed by atoms with Gasteiger partial charge in [-0.3, -0.25) is 5.32 Å². The number of ether oxygens (including phenoxy) is 2. The lowest BCUT2D eigenvalue weighted by molar-refractivity contribution is 0.0527. The maximum Gasteiger partial charge on any atom is 0.341 e. The molecule has 38 heavy (non-hydrogen) atoms. The number of imidazole rings is 1. The average molecular weight is 547 g/mol. The molecule has 5 aromatic rings. The number of carbonyl (C=O) groups excluding carboxylic acids is 2. The summed E-state index contributed by atoms with van der Waals surface area (Å²) in [5.74, 6) is 0.168. The van der Waals surface area contributed by atoms with Crippen molar-refractivity contribution in [3.63, 3.8) is 0 Å². The van der Waals surface area contributed by atoms with Crippen LogP contribution in [-0.2, 0) is 4.74 Å². The summed E-state index contributed by atoms with van der Waals surface area (Å²) in [5.41, 5.74) is 4.31. The highest BCUT2D eigenvalue weighted by molar-refractivity contribution is 7.20. The second kappa shape index (κ2) is 10.7. The van der Waals surface area contributed by atoms with Gasteiger partial charge in [0.15, 0.2) is 0 Å². The van der Waals surface area contributed by atoms with Crippen LogP contribution in [0.2, 0.25) is 0 Å². The number of thiophene rings is 2. The maximum atomic E-state index is 13.0. The van der Waals surface area contributed by atoms with Crippen LogP contribution in [0.15, 0.2) is 60.4 Å². The van der Waals surface area contributed by atoms with Crippen LogP contribution in [0.1, 0.15) is 28.5 Å². The number of benzene rings is 2. The summed E-state index contributed by atoms with van der Waals surface area (Å²) in [5, 5.41) is 9.21. The van der Waals surface area contributed by atoms with Gasteiger partial charge in [-0.25, -0.2) is 14.6 Å². The number of hydrogen-bond donors (Lipinski definition) is 2. The maximum absolute atomic E-state index is 13.0. The SMILES string of the molecule is CCOC(=O)c1c(NC(=O)Nc2ccc3sccc3c2)sc(-c2ccc(-n3cnc(C)c3)c(OC)c2)c1C. The second-order valence-corrected chi connectivity index (χ2v) is 10.5. The van der Waals surface area contributed by atoms with E-state index in [9.17, 15) is 9.59 Å². The molecule has 2 aromatic carbocycles. The molecule has 5 rings (SSSR count). The average Bonchev–Trinajstić information content (AvgIpc) is 3.62. The summed E-state index contributed by atoms with van der Waals surface area (Å²) in [6.07, 6.45) is 3.66.